The van der Waals surface area contributed by atoms with E-state index in [4.69, 9.17) is 14.9 Å². The van der Waals surface area contributed by atoms with Crippen LogP contribution in [0.25, 0.3) is 10.6 Å². The molecule has 3 N–H and O–H groups in total. The molecule has 0 aliphatic rings. The van der Waals surface area contributed by atoms with Crippen molar-refractivity contribution < 1.29 is 27.9 Å². The summed E-state index contributed by atoms with van der Waals surface area (Å²) >= 11 is 1.61. The average Bonchev–Trinajstić information content (AvgIpc) is 3.78. The number of thiazole rings is 1. The molecule has 0 atom stereocenters. The van der Waals surface area contributed by atoms with Crippen LogP contribution in [0, 0.1) is 0 Å². The van der Waals surface area contributed by atoms with E-state index < -0.39 is 12.1 Å². The predicted molar refractivity (Wildman–Crippen MR) is 180 cm³/mol. The van der Waals surface area contributed by atoms with Gasteiger partial charge in [0.15, 0.2) is 0 Å². The van der Waals surface area contributed by atoms with E-state index in [2.05, 4.69) is 88.6 Å². The van der Waals surface area contributed by atoms with Crippen molar-refractivity contribution >= 4 is 29.0 Å². The fraction of sp³-hybridized carbons (Fsp3) is 0.257. The SMILES string of the molecule is CCc1ccc(NC(=O)N(CCCn2ccnc2)Cc2csc(-c3ccc(CNCc4ccccc4)cc3)n2)cc1.O=C(O)C(F)(F)F. The molecule has 252 valence electrons. The average molecular weight is 679 g/mol. The van der Waals surface area contributed by atoms with Crippen molar-refractivity contribution in [3.8, 4) is 10.6 Å². The second kappa shape index (κ2) is 17.8. The lowest BCUT2D eigenvalue weighted by Gasteiger charge is -2.22. The first-order chi connectivity index (χ1) is 23.1. The Morgan fingerprint density at radius 3 is 2.19 bits per heavy atom. The van der Waals surface area contributed by atoms with Crippen LogP contribution in [0.1, 0.15) is 35.7 Å². The summed E-state index contributed by atoms with van der Waals surface area (Å²) in [5, 5.41) is 16.7. The first kappa shape index (κ1) is 35.8. The molecule has 48 heavy (non-hydrogen) atoms. The highest BCUT2D eigenvalue weighted by molar-refractivity contribution is 7.13. The Morgan fingerprint density at radius 1 is 0.938 bits per heavy atom. The number of hydrogen-bond donors (Lipinski definition) is 3. The molecule has 5 rings (SSSR count). The Hall–Kier alpha value is -5.01. The van der Waals surface area contributed by atoms with Crippen LogP contribution in [-0.2, 0) is 37.4 Å². The van der Waals surface area contributed by atoms with Crippen LogP contribution in [0.15, 0.2) is 103 Å². The number of carbonyl (C=O) groups is 2. The van der Waals surface area contributed by atoms with Crippen LogP contribution in [0.3, 0.4) is 0 Å². The first-order valence-electron chi connectivity index (χ1n) is 15.3. The number of aliphatic carboxylic acids is 1. The van der Waals surface area contributed by atoms with Gasteiger partial charge in [0.05, 0.1) is 18.6 Å². The lowest BCUT2D eigenvalue weighted by atomic mass is 10.1. The van der Waals surface area contributed by atoms with Crippen molar-refractivity contribution in [3.05, 3.63) is 125 Å². The van der Waals surface area contributed by atoms with E-state index in [1.165, 1.54) is 16.7 Å². The number of nitrogens with zero attached hydrogens (tertiary/aromatic N) is 4. The predicted octanol–water partition coefficient (Wildman–Crippen LogP) is 7.62. The van der Waals surface area contributed by atoms with Gasteiger partial charge in [-0.15, -0.1) is 11.3 Å². The maximum Gasteiger partial charge on any atom is 0.490 e. The Labute approximate surface area is 281 Å². The molecular formula is C35H37F3N6O3S. The van der Waals surface area contributed by atoms with Crippen molar-refractivity contribution in [2.75, 3.05) is 11.9 Å². The standard InChI is InChI=1S/C33H36N6OS.C2HF3O2/c1-2-26-11-15-30(16-12-26)37-33(40)39(19-6-18-38-20-17-34-25-38)23-31-24-41-32(36-31)29-13-9-28(10-14-29)22-35-21-27-7-4-3-5-8-27;3-2(4,5)1(6)7/h3-5,7-17,20,24-25,35H,2,6,18-19,21-23H2,1H3,(H,37,40);(H,6,7). The van der Waals surface area contributed by atoms with E-state index in [1.54, 1.807) is 23.9 Å². The number of anilines is 1. The van der Waals surface area contributed by atoms with Crippen molar-refractivity contribution in [1.82, 2.24) is 24.8 Å². The molecule has 0 spiro atoms. The van der Waals surface area contributed by atoms with E-state index in [-0.39, 0.29) is 6.03 Å². The number of carbonyl (C=O) groups excluding carboxylic acids is 1. The van der Waals surface area contributed by atoms with Crippen LogP contribution in [0.5, 0.6) is 0 Å². The summed E-state index contributed by atoms with van der Waals surface area (Å²) in [6.07, 6.45) is 2.22. The molecule has 0 saturated heterocycles. The van der Waals surface area contributed by atoms with Crippen LogP contribution in [0.4, 0.5) is 23.7 Å². The minimum absolute atomic E-state index is 0.123. The van der Waals surface area contributed by atoms with E-state index in [9.17, 15) is 18.0 Å². The molecule has 0 aliphatic heterocycles. The van der Waals surface area contributed by atoms with E-state index >= 15 is 0 Å². The molecular weight excluding hydrogens is 641 g/mol. The monoisotopic (exact) mass is 678 g/mol. The summed E-state index contributed by atoms with van der Waals surface area (Å²) in [4.78, 5) is 33.1. The van der Waals surface area contributed by atoms with Gasteiger partial charge in [0.2, 0.25) is 0 Å². The van der Waals surface area contributed by atoms with Gasteiger partial charge in [0, 0.05) is 55.2 Å². The third kappa shape index (κ3) is 11.7. The number of benzene rings is 3. The number of rotatable bonds is 13. The van der Waals surface area contributed by atoms with Crippen LogP contribution in [-0.4, -0.2) is 49.3 Å². The Kier molecular flexibility index (Phi) is 13.3. The number of urea groups is 1. The molecule has 13 heteroatoms. The van der Waals surface area contributed by atoms with E-state index in [0.29, 0.717) is 13.1 Å². The zero-order valence-corrected chi connectivity index (χ0v) is 27.2. The molecule has 0 saturated carbocycles. The summed E-state index contributed by atoms with van der Waals surface area (Å²) in [5.41, 5.74) is 6.51. The lowest BCUT2D eigenvalue weighted by Crippen LogP contribution is -2.35. The highest BCUT2D eigenvalue weighted by Gasteiger charge is 2.38. The number of alkyl halides is 3. The summed E-state index contributed by atoms with van der Waals surface area (Å²) in [6, 6.07) is 26.9. The molecule has 0 fully saturated rings. The van der Waals surface area contributed by atoms with Crippen molar-refractivity contribution in [2.45, 2.75) is 52.1 Å². The summed E-state index contributed by atoms with van der Waals surface area (Å²) in [5.74, 6) is -2.76. The number of halogens is 3. The Morgan fingerprint density at radius 2 is 1.58 bits per heavy atom. The molecule has 0 aliphatic carbocycles. The van der Waals surface area contributed by atoms with E-state index in [0.717, 1.165) is 54.4 Å². The van der Waals surface area contributed by atoms with Crippen LogP contribution >= 0.6 is 11.3 Å². The quantitative estimate of drug-likeness (QED) is 0.118. The topological polar surface area (TPSA) is 112 Å². The van der Waals surface area contributed by atoms with Gasteiger partial charge in [0.25, 0.3) is 0 Å². The Bertz CT molecular complexity index is 1690. The molecule has 2 amide bonds. The van der Waals surface area contributed by atoms with Crippen molar-refractivity contribution in [2.24, 2.45) is 0 Å². The van der Waals surface area contributed by atoms with Gasteiger partial charge in [-0.05, 0) is 41.7 Å². The molecule has 2 heterocycles. The van der Waals surface area contributed by atoms with Gasteiger partial charge in [-0.25, -0.2) is 19.6 Å². The fourth-order valence-corrected chi connectivity index (χ4v) is 5.38. The second-order valence-electron chi connectivity index (χ2n) is 10.8. The number of aromatic nitrogens is 3. The molecule has 9 nitrogen and oxygen atoms in total. The number of imidazole rings is 1. The van der Waals surface area contributed by atoms with Crippen LogP contribution < -0.4 is 10.6 Å². The second-order valence-corrected chi connectivity index (χ2v) is 11.6. The minimum atomic E-state index is -5.08. The first-order valence-corrected chi connectivity index (χ1v) is 16.2. The zero-order valence-electron chi connectivity index (χ0n) is 26.4. The minimum Gasteiger partial charge on any atom is -0.475 e. The van der Waals surface area contributed by atoms with Gasteiger partial charge < -0.3 is 25.2 Å². The van der Waals surface area contributed by atoms with Gasteiger partial charge in [-0.3, -0.25) is 0 Å². The highest BCUT2D eigenvalue weighted by Crippen LogP contribution is 2.25. The number of carboxylic acids is 1. The molecule has 0 bridgehead atoms. The molecule has 0 radical (unpaired) electrons. The molecule has 5 aromatic rings. The van der Waals surface area contributed by atoms with E-state index in [1.807, 2.05) is 33.9 Å². The maximum absolute atomic E-state index is 13.3. The van der Waals surface area contributed by atoms with Gasteiger partial charge in [-0.2, -0.15) is 13.2 Å². The van der Waals surface area contributed by atoms with Gasteiger partial charge >= 0.3 is 18.2 Å². The smallest absolute Gasteiger partial charge is 0.475 e. The van der Waals surface area contributed by atoms with Gasteiger partial charge in [0.1, 0.15) is 5.01 Å². The number of amides is 2. The molecule has 3 aromatic carbocycles. The third-order valence-corrected chi connectivity index (χ3v) is 8.09. The summed E-state index contributed by atoms with van der Waals surface area (Å²) < 4.78 is 33.8. The number of aryl methyl sites for hydroxylation is 2. The molecule has 0 unspecified atom stereocenters. The Balaban J connectivity index is 0.000000671. The fourth-order valence-electron chi connectivity index (χ4n) is 4.56. The number of nitrogens with one attached hydrogen (secondary N) is 2. The number of carboxylic acid groups (broad SMARTS) is 1. The number of hydrogen-bond acceptors (Lipinski definition) is 6. The summed E-state index contributed by atoms with van der Waals surface area (Å²) in [7, 11) is 0. The van der Waals surface area contributed by atoms with Gasteiger partial charge in [-0.1, -0.05) is 73.7 Å². The normalized spacial score (nSPS) is 11.0. The largest absolute Gasteiger partial charge is 0.490 e. The lowest BCUT2D eigenvalue weighted by molar-refractivity contribution is -0.192. The third-order valence-electron chi connectivity index (χ3n) is 7.15. The zero-order chi connectivity index (χ0) is 34.4. The van der Waals surface area contributed by atoms with Crippen molar-refractivity contribution in [1.29, 1.82) is 0 Å². The summed E-state index contributed by atoms with van der Waals surface area (Å²) in [6.45, 7) is 5.62. The van der Waals surface area contributed by atoms with Crippen LogP contribution in [0.2, 0.25) is 0 Å². The van der Waals surface area contributed by atoms with Crippen molar-refractivity contribution in [3.63, 3.8) is 0 Å². The maximum atomic E-state index is 13.3. The molecule has 2 aromatic heterocycles. The highest BCUT2D eigenvalue weighted by atomic mass is 32.1.